The molecule has 0 N–H and O–H groups in total. The maximum Gasteiger partial charge on any atom is 0.338 e. The molecule has 1 aromatic heterocycles. The number of aromatic nitrogens is 1. The molecule has 0 fully saturated rings. The smallest absolute Gasteiger partial charge is 0.338 e. The van der Waals surface area contributed by atoms with E-state index < -0.39 is 12.0 Å². The average molecular weight is 491 g/mol. The van der Waals surface area contributed by atoms with Crippen LogP contribution in [0.15, 0.2) is 82.2 Å². The number of para-hydroxylation sites is 1. The van der Waals surface area contributed by atoms with E-state index >= 15 is 0 Å². The number of hydrogen-bond donors (Lipinski definition) is 0. The summed E-state index contributed by atoms with van der Waals surface area (Å²) in [6.07, 6.45) is 3.30. The van der Waals surface area contributed by atoms with E-state index in [1.54, 1.807) is 36.8 Å². The standard InChI is InChI=1S/C27H26N2O5S/c1-5-15-34-26(31)23-17(3)28-27-29(24(23)18-11-13-20(32-4)14-12-18)25(30)22(35-27)16-19-9-7-8-10-21(19)33-6-2/h5,7-14,16,24H,1,6,15H2,2-4H3/b22-16-. The number of fused-ring (bicyclic) bond motifs is 1. The zero-order chi connectivity index (χ0) is 24.9. The molecule has 1 aliphatic heterocycles. The third-order valence-electron chi connectivity index (χ3n) is 5.51. The largest absolute Gasteiger partial charge is 0.497 e. The fourth-order valence-electron chi connectivity index (χ4n) is 3.92. The molecule has 0 amide bonds. The van der Waals surface area contributed by atoms with Crippen LogP contribution in [0.1, 0.15) is 31.0 Å². The second-order valence-electron chi connectivity index (χ2n) is 7.71. The Kier molecular flexibility index (Phi) is 7.31. The van der Waals surface area contributed by atoms with Crippen molar-refractivity contribution < 1.29 is 19.0 Å². The Hall–Kier alpha value is -3.91. The highest BCUT2D eigenvalue weighted by atomic mass is 32.1. The molecule has 0 bridgehead atoms. The first-order chi connectivity index (χ1) is 17.0. The summed E-state index contributed by atoms with van der Waals surface area (Å²) in [6.45, 7) is 7.84. The molecule has 0 radical (unpaired) electrons. The number of thiazole rings is 1. The summed E-state index contributed by atoms with van der Waals surface area (Å²) in [7, 11) is 1.58. The Morgan fingerprint density at radius 3 is 2.63 bits per heavy atom. The van der Waals surface area contributed by atoms with Gasteiger partial charge in [0.1, 0.15) is 18.1 Å². The minimum Gasteiger partial charge on any atom is -0.497 e. The van der Waals surface area contributed by atoms with Crippen molar-refractivity contribution in [2.45, 2.75) is 19.9 Å². The average Bonchev–Trinajstić information content (AvgIpc) is 3.17. The number of hydrogen-bond acceptors (Lipinski definition) is 7. The first-order valence-corrected chi connectivity index (χ1v) is 12.0. The predicted molar refractivity (Wildman–Crippen MR) is 136 cm³/mol. The fourth-order valence-corrected chi connectivity index (χ4v) is 4.96. The number of rotatable bonds is 8. The van der Waals surface area contributed by atoms with E-state index in [9.17, 15) is 9.59 Å². The zero-order valence-electron chi connectivity index (χ0n) is 19.8. The first kappa shape index (κ1) is 24.2. The number of benzene rings is 2. The lowest BCUT2D eigenvalue weighted by atomic mass is 9.96. The van der Waals surface area contributed by atoms with Crippen LogP contribution in [0.25, 0.3) is 6.08 Å². The minimum absolute atomic E-state index is 0.0591. The van der Waals surface area contributed by atoms with Gasteiger partial charge in [0.15, 0.2) is 4.80 Å². The molecule has 8 heteroatoms. The lowest BCUT2D eigenvalue weighted by molar-refractivity contribution is -0.138. The van der Waals surface area contributed by atoms with Crippen LogP contribution in [0.3, 0.4) is 0 Å². The zero-order valence-corrected chi connectivity index (χ0v) is 20.6. The Morgan fingerprint density at radius 2 is 1.94 bits per heavy atom. The predicted octanol–water partition coefficient (Wildman–Crippen LogP) is 3.37. The fraction of sp³-hybridized carbons (Fsp3) is 0.222. The van der Waals surface area contributed by atoms with E-state index in [0.29, 0.717) is 38.7 Å². The molecule has 0 saturated heterocycles. The summed E-state index contributed by atoms with van der Waals surface area (Å²) in [5.41, 5.74) is 2.10. The molecule has 1 atom stereocenters. The van der Waals surface area contributed by atoms with Crippen LogP contribution in [-0.4, -0.2) is 30.9 Å². The van der Waals surface area contributed by atoms with Crippen LogP contribution in [-0.2, 0) is 9.53 Å². The normalized spacial score (nSPS) is 15.3. The Morgan fingerprint density at radius 1 is 1.20 bits per heavy atom. The van der Waals surface area contributed by atoms with Crippen molar-refractivity contribution in [3.63, 3.8) is 0 Å². The molecule has 3 aromatic rings. The molecule has 1 aliphatic rings. The van der Waals surface area contributed by atoms with Crippen LogP contribution in [0.5, 0.6) is 11.5 Å². The third kappa shape index (κ3) is 4.83. The van der Waals surface area contributed by atoms with Gasteiger partial charge in [-0.05, 0) is 43.7 Å². The van der Waals surface area contributed by atoms with Crippen molar-refractivity contribution in [1.82, 2.24) is 4.57 Å². The van der Waals surface area contributed by atoms with Gasteiger partial charge in [-0.1, -0.05) is 54.3 Å². The Balaban J connectivity index is 1.92. The molecule has 0 aliphatic carbocycles. The number of allylic oxidation sites excluding steroid dienone is 1. The van der Waals surface area contributed by atoms with Gasteiger partial charge in [-0.3, -0.25) is 9.36 Å². The van der Waals surface area contributed by atoms with Gasteiger partial charge in [0.2, 0.25) is 0 Å². The SMILES string of the molecule is C=CCOC(=O)C1=C(C)N=c2s/c(=C\c3ccccc3OCC)c(=O)n2C1c1ccc(OC)cc1. The van der Waals surface area contributed by atoms with Crippen molar-refractivity contribution in [2.24, 2.45) is 4.99 Å². The maximum absolute atomic E-state index is 13.7. The van der Waals surface area contributed by atoms with Crippen molar-refractivity contribution in [3.8, 4) is 11.5 Å². The number of nitrogens with zero attached hydrogens (tertiary/aromatic N) is 2. The molecular formula is C27H26N2O5S. The van der Waals surface area contributed by atoms with Crippen molar-refractivity contribution >= 4 is 23.4 Å². The molecule has 0 spiro atoms. The summed E-state index contributed by atoms with van der Waals surface area (Å²) in [5, 5.41) is 0. The molecule has 35 heavy (non-hydrogen) atoms. The molecule has 2 heterocycles. The van der Waals surface area contributed by atoms with Crippen molar-refractivity contribution in [3.05, 3.63) is 103 Å². The monoisotopic (exact) mass is 490 g/mol. The third-order valence-corrected chi connectivity index (χ3v) is 6.49. The number of methoxy groups -OCH3 is 1. The van der Waals surface area contributed by atoms with E-state index in [-0.39, 0.29) is 12.2 Å². The molecule has 180 valence electrons. The number of carbonyl (C=O) groups is 1. The van der Waals surface area contributed by atoms with Crippen LogP contribution in [0.4, 0.5) is 0 Å². The topological polar surface area (TPSA) is 79.1 Å². The second kappa shape index (κ2) is 10.6. The van der Waals surface area contributed by atoms with Crippen LogP contribution >= 0.6 is 11.3 Å². The molecule has 0 saturated carbocycles. The number of esters is 1. The van der Waals surface area contributed by atoms with Gasteiger partial charge in [0.05, 0.1) is 35.6 Å². The quantitative estimate of drug-likeness (QED) is 0.357. The van der Waals surface area contributed by atoms with Crippen LogP contribution in [0.2, 0.25) is 0 Å². The number of carbonyl (C=O) groups excluding carboxylic acids is 1. The van der Waals surface area contributed by atoms with Crippen LogP contribution < -0.4 is 24.4 Å². The number of ether oxygens (including phenoxy) is 3. The van der Waals surface area contributed by atoms with E-state index in [4.69, 9.17) is 14.2 Å². The van der Waals surface area contributed by atoms with Crippen molar-refractivity contribution in [1.29, 1.82) is 0 Å². The molecule has 7 nitrogen and oxygen atoms in total. The van der Waals surface area contributed by atoms with Gasteiger partial charge >= 0.3 is 5.97 Å². The van der Waals surface area contributed by atoms with Crippen LogP contribution in [0, 0.1) is 0 Å². The van der Waals surface area contributed by atoms with Gasteiger partial charge in [-0.2, -0.15) is 0 Å². The lowest BCUT2D eigenvalue weighted by Crippen LogP contribution is -2.39. The summed E-state index contributed by atoms with van der Waals surface area (Å²) >= 11 is 1.27. The molecule has 4 rings (SSSR count). The highest BCUT2D eigenvalue weighted by Gasteiger charge is 2.33. The van der Waals surface area contributed by atoms with Gasteiger partial charge in [0, 0.05) is 5.56 Å². The lowest BCUT2D eigenvalue weighted by Gasteiger charge is -2.24. The molecular weight excluding hydrogens is 464 g/mol. The summed E-state index contributed by atoms with van der Waals surface area (Å²) in [6, 6.07) is 14.1. The van der Waals surface area contributed by atoms with Gasteiger partial charge in [-0.25, -0.2) is 9.79 Å². The van der Waals surface area contributed by atoms with E-state index in [0.717, 1.165) is 11.1 Å². The van der Waals surface area contributed by atoms with Gasteiger partial charge in [-0.15, -0.1) is 0 Å². The molecule has 1 unspecified atom stereocenters. The van der Waals surface area contributed by atoms with E-state index in [1.807, 2.05) is 43.3 Å². The Bertz CT molecular complexity index is 1460. The summed E-state index contributed by atoms with van der Waals surface area (Å²) < 4.78 is 18.4. The van der Waals surface area contributed by atoms with Gasteiger partial charge < -0.3 is 14.2 Å². The summed E-state index contributed by atoms with van der Waals surface area (Å²) in [5.74, 6) is 0.825. The summed E-state index contributed by atoms with van der Waals surface area (Å²) in [4.78, 5) is 31.9. The highest BCUT2D eigenvalue weighted by Crippen LogP contribution is 2.31. The maximum atomic E-state index is 13.7. The van der Waals surface area contributed by atoms with Crippen molar-refractivity contribution in [2.75, 3.05) is 20.3 Å². The first-order valence-electron chi connectivity index (χ1n) is 11.1. The van der Waals surface area contributed by atoms with Gasteiger partial charge in [0.25, 0.3) is 5.56 Å². The minimum atomic E-state index is -0.696. The Labute approximate surface area is 206 Å². The molecule has 2 aromatic carbocycles. The highest BCUT2D eigenvalue weighted by molar-refractivity contribution is 7.07. The van der Waals surface area contributed by atoms with E-state index in [1.165, 1.54) is 17.4 Å². The second-order valence-corrected chi connectivity index (χ2v) is 8.72. The van der Waals surface area contributed by atoms with E-state index in [2.05, 4.69) is 11.6 Å².